The van der Waals surface area contributed by atoms with E-state index in [9.17, 15) is 4.79 Å². The van der Waals surface area contributed by atoms with Crippen LogP contribution in [0.5, 0.6) is 5.75 Å². The van der Waals surface area contributed by atoms with E-state index in [0.717, 1.165) is 21.8 Å². The number of rotatable bonds is 2. The van der Waals surface area contributed by atoms with E-state index in [4.69, 9.17) is 4.74 Å². The number of hydrogen-bond donors (Lipinski definition) is 0. The maximum atomic E-state index is 13.2. The molecule has 2 aromatic rings. The summed E-state index contributed by atoms with van der Waals surface area (Å²) < 4.78 is 5.22. The summed E-state index contributed by atoms with van der Waals surface area (Å²) in [4.78, 5) is 14.2. The number of nitrogens with zero attached hydrogens (tertiary/aromatic N) is 2. The van der Waals surface area contributed by atoms with Gasteiger partial charge in [-0.3, -0.25) is 4.79 Å². The minimum Gasteiger partial charge on any atom is -0.497 e. The van der Waals surface area contributed by atoms with Gasteiger partial charge >= 0.3 is 0 Å². The van der Waals surface area contributed by atoms with Crippen molar-refractivity contribution in [2.45, 2.75) is 16.4 Å². The van der Waals surface area contributed by atoms with Crippen LogP contribution >= 0.6 is 11.8 Å². The Balaban J connectivity index is 1.74. The molecule has 0 saturated heterocycles. The molecule has 2 aliphatic heterocycles. The second-order valence-corrected chi connectivity index (χ2v) is 6.81. The number of azo groups is 1. The maximum absolute atomic E-state index is 13.2. The van der Waals surface area contributed by atoms with E-state index < -0.39 is 5.54 Å². The fraction of sp³-hybridized carbons (Fsp3) is 0.278. The van der Waals surface area contributed by atoms with Gasteiger partial charge in [-0.25, -0.2) is 0 Å². The van der Waals surface area contributed by atoms with Gasteiger partial charge in [0.2, 0.25) is 0 Å². The van der Waals surface area contributed by atoms with Gasteiger partial charge in [-0.2, -0.15) is 10.2 Å². The first kappa shape index (κ1) is 14.5. The summed E-state index contributed by atoms with van der Waals surface area (Å²) in [6.45, 7) is 0.556. The van der Waals surface area contributed by atoms with Crippen molar-refractivity contribution in [2.75, 3.05) is 19.4 Å². The lowest BCUT2D eigenvalue weighted by Gasteiger charge is -2.34. The molecular formula is C18H16N2O2S. The lowest BCUT2D eigenvalue weighted by molar-refractivity contribution is 0.0888. The monoisotopic (exact) mass is 324 g/mol. The molecule has 0 aliphatic carbocycles. The first-order valence-corrected chi connectivity index (χ1v) is 8.52. The molecule has 1 spiro atoms. The van der Waals surface area contributed by atoms with Gasteiger partial charge in [0.1, 0.15) is 5.75 Å². The molecule has 2 atom stereocenters. The zero-order valence-electron chi connectivity index (χ0n) is 12.7. The predicted octanol–water partition coefficient (Wildman–Crippen LogP) is 3.97. The van der Waals surface area contributed by atoms with Crippen LogP contribution in [0.15, 0.2) is 63.7 Å². The van der Waals surface area contributed by atoms with Crippen LogP contribution in [0, 0.1) is 0 Å². The highest BCUT2D eigenvalue weighted by Gasteiger charge is 2.52. The Morgan fingerprint density at radius 1 is 1.17 bits per heavy atom. The van der Waals surface area contributed by atoms with Gasteiger partial charge < -0.3 is 4.74 Å². The van der Waals surface area contributed by atoms with Crippen LogP contribution in [-0.2, 0) is 0 Å². The lowest BCUT2D eigenvalue weighted by atomic mass is 9.76. The predicted molar refractivity (Wildman–Crippen MR) is 89.7 cm³/mol. The fourth-order valence-electron chi connectivity index (χ4n) is 3.29. The number of thioether (sulfide) groups is 1. The number of ketones is 1. The Morgan fingerprint density at radius 3 is 2.74 bits per heavy atom. The molecule has 2 aromatic carbocycles. The molecule has 0 bridgehead atoms. The second-order valence-electron chi connectivity index (χ2n) is 5.79. The van der Waals surface area contributed by atoms with E-state index in [1.807, 2.05) is 48.5 Å². The third-order valence-electron chi connectivity index (χ3n) is 4.58. The summed E-state index contributed by atoms with van der Waals surface area (Å²) in [5.41, 5.74) is 1.08. The van der Waals surface area contributed by atoms with E-state index in [-0.39, 0.29) is 11.7 Å². The molecule has 116 valence electrons. The molecule has 0 amide bonds. The van der Waals surface area contributed by atoms with E-state index in [0.29, 0.717) is 12.3 Å². The van der Waals surface area contributed by atoms with Crippen molar-refractivity contribution in [3.63, 3.8) is 0 Å². The summed E-state index contributed by atoms with van der Waals surface area (Å²) in [5.74, 6) is 1.53. The third kappa shape index (κ3) is 2.18. The molecule has 0 unspecified atom stereocenters. The van der Waals surface area contributed by atoms with E-state index >= 15 is 0 Å². The Morgan fingerprint density at radius 2 is 1.96 bits per heavy atom. The standard InChI is InChI=1S/C18H16N2O2S/c1-22-13-8-6-12(7-9-13)15-10-19-20-18(15)11-23-16-5-3-2-4-14(16)17(18)21/h2-9,15H,10-11H2,1H3/t15-,18-/m0/s1. The summed E-state index contributed by atoms with van der Waals surface area (Å²) in [7, 11) is 1.65. The SMILES string of the molecule is COc1ccc([C@@H]2CN=N[C@@]23CSc2ccccc2C3=O)cc1. The zero-order chi connectivity index (χ0) is 15.9. The fourth-order valence-corrected chi connectivity index (χ4v) is 4.54. The number of carbonyl (C=O) groups excluding carboxylic acids is 1. The number of methoxy groups -OCH3 is 1. The van der Waals surface area contributed by atoms with Crippen LogP contribution in [0.4, 0.5) is 0 Å². The smallest absolute Gasteiger partial charge is 0.194 e. The molecule has 4 nitrogen and oxygen atoms in total. The van der Waals surface area contributed by atoms with Crippen molar-refractivity contribution in [1.29, 1.82) is 0 Å². The molecule has 2 aliphatic rings. The summed E-state index contributed by atoms with van der Waals surface area (Å²) in [6, 6.07) is 15.6. The molecule has 0 radical (unpaired) electrons. The maximum Gasteiger partial charge on any atom is 0.194 e. The first-order chi connectivity index (χ1) is 11.2. The van der Waals surface area contributed by atoms with Gasteiger partial charge in [0.25, 0.3) is 0 Å². The Bertz CT molecular complexity index is 788. The van der Waals surface area contributed by atoms with Crippen molar-refractivity contribution < 1.29 is 9.53 Å². The number of Topliss-reactive ketones (excluding diaryl/α,β-unsaturated/α-hetero) is 1. The van der Waals surface area contributed by atoms with Gasteiger partial charge in [-0.1, -0.05) is 30.3 Å². The van der Waals surface area contributed by atoms with E-state index in [2.05, 4.69) is 10.2 Å². The molecule has 5 heteroatoms. The quantitative estimate of drug-likeness (QED) is 0.840. The van der Waals surface area contributed by atoms with Crippen molar-refractivity contribution in [1.82, 2.24) is 0 Å². The highest BCUT2D eigenvalue weighted by molar-refractivity contribution is 7.99. The number of hydrogen-bond acceptors (Lipinski definition) is 5. The van der Waals surface area contributed by atoms with E-state index in [1.54, 1.807) is 18.9 Å². The first-order valence-electron chi connectivity index (χ1n) is 7.54. The molecular weight excluding hydrogens is 308 g/mol. The second kappa shape index (κ2) is 5.49. The summed E-state index contributed by atoms with van der Waals surface area (Å²) >= 11 is 1.70. The van der Waals surface area contributed by atoms with Gasteiger partial charge in [0.15, 0.2) is 11.3 Å². The van der Waals surface area contributed by atoms with E-state index in [1.165, 1.54) is 0 Å². The molecule has 2 heterocycles. The van der Waals surface area contributed by atoms with Crippen molar-refractivity contribution in [3.05, 3.63) is 59.7 Å². The Hall–Kier alpha value is -2.14. The summed E-state index contributed by atoms with van der Waals surface area (Å²) in [5, 5.41) is 8.67. The topological polar surface area (TPSA) is 51.0 Å². The van der Waals surface area contributed by atoms with Crippen LogP contribution in [0.25, 0.3) is 0 Å². The largest absolute Gasteiger partial charge is 0.497 e. The Kier molecular flexibility index (Phi) is 3.45. The van der Waals surface area contributed by atoms with Crippen molar-refractivity contribution in [3.8, 4) is 5.75 Å². The van der Waals surface area contributed by atoms with Crippen LogP contribution in [0.2, 0.25) is 0 Å². The number of benzene rings is 2. The van der Waals surface area contributed by atoms with Gasteiger partial charge in [0, 0.05) is 22.1 Å². The number of fused-ring (bicyclic) bond motifs is 1. The highest BCUT2D eigenvalue weighted by atomic mass is 32.2. The highest BCUT2D eigenvalue weighted by Crippen LogP contribution is 2.47. The molecule has 23 heavy (non-hydrogen) atoms. The number of carbonyl (C=O) groups is 1. The van der Waals surface area contributed by atoms with Crippen LogP contribution in [0.3, 0.4) is 0 Å². The van der Waals surface area contributed by atoms with Gasteiger partial charge in [0.05, 0.1) is 13.7 Å². The van der Waals surface area contributed by atoms with Gasteiger partial charge in [-0.15, -0.1) is 11.8 Å². The zero-order valence-corrected chi connectivity index (χ0v) is 13.5. The van der Waals surface area contributed by atoms with Crippen LogP contribution in [-0.4, -0.2) is 30.7 Å². The van der Waals surface area contributed by atoms with Gasteiger partial charge in [-0.05, 0) is 23.8 Å². The normalized spacial score (nSPS) is 25.6. The van der Waals surface area contributed by atoms with Crippen LogP contribution in [0.1, 0.15) is 21.8 Å². The minimum absolute atomic E-state index is 0.0123. The number of ether oxygens (including phenoxy) is 1. The third-order valence-corrected chi connectivity index (χ3v) is 5.83. The lowest BCUT2D eigenvalue weighted by Crippen LogP contribution is -2.46. The minimum atomic E-state index is -0.770. The molecule has 0 aromatic heterocycles. The summed E-state index contributed by atoms with van der Waals surface area (Å²) in [6.07, 6.45) is 0. The van der Waals surface area contributed by atoms with Crippen molar-refractivity contribution in [2.24, 2.45) is 10.2 Å². The Labute approximate surface area is 139 Å². The molecule has 0 fully saturated rings. The average molecular weight is 324 g/mol. The molecule has 4 rings (SSSR count). The van der Waals surface area contributed by atoms with Crippen molar-refractivity contribution >= 4 is 17.5 Å². The van der Waals surface area contributed by atoms with Crippen LogP contribution < -0.4 is 4.74 Å². The molecule has 0 N–H and O–H groups in total. The molecule has 0 saturated carbocycles. The average Bonchev–Trinajstić information content (AvgIpc) is 3.03.